The van der Waals surface area contributed by atoms with Crippen molar-refractivity contribution in [1.82, 2.24) is 4.31 Å². The molecule has 0 bridgehead atoms. The number of nitrogens with two attached hydrogens (primary N) is 1. The fourth-order valence-electron chi connectivity index (χ4n) is 1.85. The average molecular weight is 255 g/mol. The number of rotatable bonds is 3. The van der Waals surface area contributed by atoms with E-state index in [0.29, 0.717) is 24.5 Å². The molecule has 1 heterocycles. The zero-order chi connectivity index (χ0) is 12.5. The normalized spacial score (nSPS) is 17.2. The second-order valence-electron chi connectivity index (χ2n) is 4.28. The molecule has 17 heavy (non-hydrogen) atoms. The number of anilines is 2. The first-order chi connectivity index (χ1) is 7.99. The van der Waals surface area contributed by atoms with E-state index in [1.54, 1.807) is 18.2 Å². The molecule has 1 aromatic rings. The van der Waals surface area contributed by atoms with E-state index in [0.717, 1.165) is 18.4 Å². The minimum absolute atomic E-state index is 0.514. The van der Waals surface area contributed by atoms with Crippen molar-refractivity contribution in [2.24, 2.45) is 0 Å². The molecule has 0 saturated carbocycles. The van der Waals surface area contributed by atoms with Crippen LogP contribution >= 0.6 is 0 Å². The minimum Gasteiger partial charge on any atom is -0.398 e. The highest BCUT2D eigenvalue weighted by Gasteiger charge is 2.24. The highest BCUT2D eigenvalue weighted by atomic mass is 32.2. The van der Waals surface area contributed by atoms with Crippen molar-refractivity contribution < 1.29 is 8.42 Å². The lowest BCUT2D eigenvalue weighted by Gasteiger charge is -2.17. The summed E-state index contributed by atoms with van der Waals surface area (Å²) in [7, 11) is -3.41. The van der Waals surface area contributed by atoms with Gasteiger partial charge in [0, 0.05) is 18.8 Å². The Bertz CT molecular complexity index is 507. The Morgan fingerprint density at radius 3 is 2.53 bits per heavy atom. The maximum absolute atomic E-state index is 12.0. The van der Waals surface area contributed by atoms with E-state index in [1.807, 2.05) is 6.92 Å². The fraction of sp³-hybridized carbons (Fsp3) is 0.455. The number of nitrogens with one attached hydrogen (secondary N) is 1. The number of benzene rings is 1. The molecule has 0 radical (unpaired) electrons. The quantitative estimate of drug-likeness (QED) is 0.800. The molecule has 1 aromatic carbocycles. The third-order valence-electron chi connectivity index (χ3n) is 2.93. The number of nitrogens with zero attached hydrogens (tertiary/aromatic N) is 1. The largest absolute Gasteiger partial charge is 0.398 e. The topological polar surface area (TPSA) is 75.4 Å². The average Bonchev–Trinajstić information content (AvgIpc) is 2.77. The van der Waals surface area contributed by atoms with E-state index in [4.69, 9.17) is 5.73 Å². The van der Waals surface area contributed by atoms with Gasteiger partial charge in [-0.05, 0) is 37.5 Å². The maximum Gasteiger partial charge on any atom is 0.301 e. The third kappa shape index (κ3) is 2.70. The number of aryl methyl sites for hydroxylation is 1. The van der Waals surface area contributed by atoms with Crippen LogP contribution in [0.1, 0.15) is 18.4 Å². The van der Waals surface area contributed by atoms with Crippen molar-refractivity contribution in [2.45, 2.75) is 19.8 Å². The predicted octanol–water partition coefficient (Wildman–Crippen LogP) is 1.33. The molecule has 2 rings (SSSR count). The van der Waals surface area contributed by atoms with Crippen LogP contribution in [0.5, 0.6) is 0 Å². The van der Waals surface area contributed by atoms with E-state index < -0.39 is 10.2 Å². The summed E-state index contributed by atoms with van der Waals surface area (Å²) in [6, 6.07) is 5.17. The Kier molecular flexibility index (Phi) is 3.26. The fourth-order valence-corrected chi connectivity index (χ4v) is 3.14. The summed E-state index contributed by atoms with van der Waals surface area (Å²) in [6.07, 6.45) is 1.86. The Morgan fingerprint density at radius 2 is 1.94 bits per heavy atom. The molecule has 0 amide bonds. The molecule has 6 heteroatoms. The molecule has 94 valence electrons. The zero-order valence-corrected chi connectivity index (χ0v) is 10.6. The van der Waals surface area contributed by atoms with Gasteiger partial charge >= 0.3 is 10.2 Å². The summed E-state index contributed by atoms with van der Waals surface area (Å²) in [5, 5.41) is 0. The summed E-state index contributed by atoms with van der Waals surface area (Å²) >= 11 is 0. The van der Waals surface area contributed by atoms with E-state index >= 15 is 0 Å². The van der Waals surface area contributed by atoms with Crippen molar-refractivity contribution in [2.75, 3.05) is 23.5 Å². The standard InChI is InChI=1S/C11H17N3O2S/c1-9-4-5-10(8-11(9)12)13-17(15,16)14-6-2-3-7-14/h4-5,8,13H,2-3,6-7,12H2,1H3. The summed E-state index contributed by atoms with van der Waals surface area (Å²) in [5.74, 6) is 0. The van der Waals surface area contributed by atoms with Crippen LogP contribution in [0.3, 0.4) is 0 Å². The Balaban J connectivity index is 2.17. The van der Waals surface area contributed by atoms with Gasteiger partial charge < -0.3 is 5.73 Å². The highest BCUT2D eigenvalue weighted by molar-refractivity contribution is 7.90. The molecule has 5 nitrogen and oxygen atoms in total. The van der Waals surface area contributed by atoms with Crippen LogP contribution in [0.25, 0.3) is 0 Å². The Hall–Kier alpha value is -1.27. The van der Waals surface area contributed by atoms with Crippen LogP contribution in [-0.4, -0.2) is 25.8 Å². The lowest BCUT2D eigenvalue weighted by molar-refractivity contribution is 0.482. The van der Waals surface area contributed by atoms with Gasteiger partial charge in [-0.1, -0.05) is 6.07 Å². The second-order valence-corrected chi connectivity index (χ2v) is 5.96. The summed E-state index contributed by atoms with van der Waals surface area (Å²) in [6.45, 7) is 3.07. The van der Waals surface area contributed by atoms with Gasteiger partial charge in [0.2, 0.25) is 0 Å². The van der Waals surface area contributed by atoms with Crippen molar-refractivity contribution in [3.05, 3.63) is 23.8 Å². The van der Waals surface area contributed by atoms with Gasteiger partial charge in [0.05, 0.1) is 5.69 Å². The summed E-state index contributed by atoms with van der Waals surface area (Å²) in [5.41, 5.74) is 7.79. The van der Waals surface area contributed by atoms with Gasteiger partial charge in [-0.25, -0.2) is 0 Å². The molecule has 0 aromatic heterocycles. The first kappa shape index (κ1) is 12.2. The SMILES string of the molecule is Cc1ccc(NS(=O)(=O)N2CCCC2)cc1N. The number of hydrogen-bond donors (Lipinski definition) is 2. The lowest BCUT2D eigenvalue weighted by atomic mass is 10.2. The van der Waals surface area contributed by atoms with E-state index in [2.05, 4.69) is 4.72 Å². The van der Waals surface area contributed by atoms with Crippen molar-refractivity contribution in [3.8, 4) is 0 Å². The molecule has 1 aliphatic heterocycles. The second kappa shape index (κ2) is 4.54. The van der Waals surface area contributed by atoms with Crippen LogP contribution in [0, 0.1) is 6.92 Å². The van der Waals surface area contributed by atoms with Crippen molar-refractivity contribution in [1.29, 1.82) is 0 Å². The number of nitrogen functional groups attached to an aromatic ring is 1. The van der Waals surface area contributed by atoms with Crippen molar-refractivity contribution >= 4 is 21.6 Å². The third-order valence-corrected chi connectivity index (χ3v) is 4.47. The summed E-state index contributed by atoms with van der Waals surface area (Å²) < 4.78 is 28.0. The maximum atomic E-state index is 12.0. The monoisotopic (exact) mass is 255 g/mol. The molecule has 0 spiro atoms. The molecule has 0 unspecified atom stereocenters. The molecule has 1 saturated heterocycles. The van der Waals surface area contributed by atoms with Gasteiger partial charge in [0.25, 0.3) is 0 Å². The molecule has 1 aliphatic rings. The molecular weight excluding hydrogens is 238 g/mol. The Labute approximate surface area is 102 Å². The molecular formula is C11H17N3O2S. The molecule has 3 N–H and O–H groups in total. The first-order valence-corrected chi connectivity index (χ1v) is 7.07. The lowest BCUT2D eigenvalue weighted by Crippen LogP contribution is -2.33. The number of hydrogen-bond acceptors (Lipinski definition) is 3. The van der Waals surface area contributed by atoms with E-state index in [-0.39, 0.29) is 0 Å². The minimum atomic E-state index is -3.41. The Morgan fingerprint density at radius 1 is 1.29 bits per heavy atom. The van der Waals surface area contributed by atoms with Gasteiger partial charge in [0.1, 0.15) is 0 Å². The van der Waals surface area contributed by atoms with Crippen LogP contribution in [0.15, 0.2) is 18.2 Å². The summed E-state index contributed by atoms with van der Waals surface area (Å²) in [4.78, 5) is 0. The van der Waals surface area contributed by atoms with Crippen LogP contribution in [-0.2, 0) is 10.2 Å². The smallest absolute Gasteiger partial charge is 0.301 e. The van der Waals surface area contributed by atoms with Crippen LogP contribution < -0.4 is 10.5 Å². The highest BCUT2D eigenvalue weighted by Crippen LogP contribution is 2.20. The zero-order valence-electron chi connectivity index (χ0n) is 9.81. The van der Waals surface area contributed by atoms with Gasteiger partial charge in [0.15, 0.2) is 0 Å². The van der Waals surface area contributed by atoms with E-state index in [1.165, 1.54) is 4.31 Å². The predicted molar refractivity (Wildman–Crippen MR) is 68.9 cm³/mol. The van der Waals surface area contributed by atoms with Gasteiger partial charge in [-0.2, -0.15) is 12.7 Å². The van der Waals surface area contributed by atoms with Gasteiger partial charge in [-0.15, -0.1) is 0 Å². The van der Waals surface area contributed by atoms with Gasteiger partial charge in [-0.3, -0.25) is 4.72 Å². The molecule has 0 aliphatic carbocycles. The van der Waals surface area contributed by atoms with Crippen molar-refractivity contribution in [3.63, 3.8) is 0 Å². The molecule has 0 atom stereocenters. The molecule has 1 fully saturated rings. The van der Waals surface area contributed by atoms with E-state index in [9.17, 15) is 8.42 Å². The first-order valence-electron chi connectivity index (χ1n) is 5.63. The van der Waals surface area contributed by atoms with Crippen LogP contribution in [0.4, 0.5) is 11.4 Å². The van der Waals surface area contributed by atoms with Crippen LogP contribution in [0.2, 0.25) is 0 Å².